The fourth-order valence-electron chi connectivity index (χ4n) is 2.88. The molecule has 0 amide bonds. The Balaban J connectivity index is 2.33. The first-order valence-electron chi connectivity index (χ1n) is 7.06. The van der Waals surface area contributed by atoms with E-state index < -0.39 is 5.97 Å². The van der Waals surface area contributed by atoms with Crippen LogP contribution in [0.1, 0.15) is 16.7 Å². The predicted molar refractivity (Wildman–Crippen MR) is 89.6 cm³/mol. The molecule has 0 unspecified atom stereocenters. The van der Waals surface area contributed by atoms with Crippen molar-refractivity contribution >= 4 is 28.5 Å². The van der Waals surface area contributed by atoms with Crippen LogP contribution in [0, 0.1) is 13.8 Å². The van der Waals surface area contributed by atoms with Crippen LogP contribution < -0.4 is 0 Å². The molecule has 2 N–H and O–H groups in total. The van der Waals surface area contributed by atoms with E-state index in [1.165, 1.54) is 0 Å². The third-order valence-corrected chi connectivity index (χ3v) is 4.19. The number of carbonyl (C=O) groups is 1. The first-order chi connectivity index (χ1) is 10.5. The zero-order valence-electron chi connectivity index (χ0n) is 12.4. The summed E-state index contributed by atoms with van der Waals surface area (Å²) in [6, 6.07) is 11.5. The molecule has 4 heteroatoms. The summed E-state index contributed by atoms with van der Waals surface area (Å²) in [6.07, 6.45) is -0.0117. The quantitative estimate of drug-likeness (QED) is 0.734. The second-order valence-electron chi connectivity index (χ2n) is 5.51. The maximum atomic E-state index is 11.3. The number of aromatic nitrogens is 1. The monoisotopic (exact) mass is 313 g/mol. The van der Waals surface area contributed by atoms with Gasteiger partial charge >= 0.3 is 5.97 Å². The number of nitrogens with one attached hydrogen (secondary N) is 1. The lowest BCUT2D eigenvalue weighted by atomic mass is 9.99. The zero-order chi connectivity index (χ0) is 15.9. The molecule has 112 valence electrons. The van der Waals surface area contributed by atoms with Crippen LogP contribution in [0.25, 0.3) is 22.2 Å². The molecular formula is C18H16ClNO2. The van der Waals surface area contributed by atoms with E-state index in [1.54, 1.807) is 0 Å². The number of carboxylic acids is 1. The molecule has 0 atom stereocenters. The molecule has 1 aromatic heterocycles. The number of hydrogen-bond acceptors (Lipinski definition) is 1. The van der Waals surface area contributed by atoms with E-state index in [4.69, 9.17) is 11.6 Å². The van der Waals surface area contributed by atoms with Gasteiger partial charge in [0.15, 0.2) is 0 Å². The van der Waals surface area contributed by atoms with Crippen LogP contribution >= 0.6 is 11.6 Å². The van der Waals surface area contributed by atoms with Crippen molar-refractivity contribution in [3.05, 3.63) is 58.1 Å². The van der Waals surface area contributed by atoms with E-state index in [1.807, 2.05) is 50.2 Å². The Morgan fingerprint density at radius 2 is 1.73 bits per heavy atom. The van der Waals surface area contributed by atoms with Crippen LogP contribution in [0.3, 0.4) is 0 Å². The van der Waals surface area contributed by atoms with Crippen molar-refractivity contribution in [2.24, 2.45) is 0 Å². The van der Waals surface area contributed by atoms with E-state index in [2.05, 4.69) is 4.98 Å². The highest BCUT2D eigenvalue weighted by Crippen LogP contribution is 2.34. The fourth-order valence-corrected chi connectivity index (χ4v) is 3.00. The number of H-pyrrole nitrogens is 1. The second kappa shape index (κ2) is 5.50. The van der Waals surface area contributed by atoms with Crippen LogP contribution in [0.2, 0.25) is 5.02 Å². The molecule has 0 saturated carbocycles. The van der Waals surface area contributed by atoms with Crippen molar-refractivity contribution in [1.82, 2.24) is 4.98 Å². The predicted octanol–water partition coefficient (Wildman–Crippen LogP) is 4.73. The SMILES string of the molecule is Cc1ccc(C)c2c(CC(=O)O)c(-c3ccc(Cl)cc3)[nH]c12. The van der Waals surface area contributed by atoms with E-state index in [9.17, 15) is 9.90 Å². The van der Waals surface area contributed by atoms with Gasteiger partial charge in [0.2, 0.25) is 0 Å². The van der Waals surface area contributed by atoms with Crippen molar-refractivity contribution in [2.75, 3.05) is 0 Å². The second-order valence-corrected chi connectivity index (χ2v) is 5.94. The Kier molecular flexibility index (Phi) is 3.67. The Morgan fingerprint density at radius 3 is 2.36 bits per heavy atom. The maximum Gasteiger partial charge on any atom is 0.307 e. The minimum atomic E-state index is -0.836. The molecule has 0 radical (unpaired) electrons. The highest BCUT2D eigenvalue weighted by molar-refractivity contribution is 6.30. The van der Waals surface area contributed by atoms with E-state index >= 15 is 0 Å². The smallest absolute Gasteiger partial charge is 0.307 e. The van der Waals surface area contributed by atoms with Crippen molar-refractivity contribution < 1.29 is 9.90 Å². The zero-order valence-corrected chi connectivity index (χ0v) is 13.2. The largest absolute Gasteiger partial charge is 0.481 e. The molecule has 22 heavy (non-hydrogen) atoms. The van der Waals surface area contributed by atoms with Crippen LogP contribution in [0.15, 0.2) is 36.4 Å². The molecule has 2 aromatic carbocycles. The molecule has 0 spiro atoms. The van der Waals surface area contributed by atoms with Crippen LogP contribution in [0.4, 0.5) is 0 Å². The number of aromatic amines is 1. The molecule has 0 aliphatic rings. The minimum absolute atomic E-state index is 0.0117. The Bertz CT molecular complexity index is 863. The van der Waals surface area contributed by atoms with Gasteiger partial charge < -0.3 is 10.1 Å². The summed E-state index contributed by atoms with van der Waals surface area (Å²) in [5.74, 6) is -0.836. The number of hydrogen-bond donors (Lipinski definition) is 2. The number of aliphatic carboxylic acids is 1. The topological polar surface area (TPSA) is 53.1 Å². The first kappa shape index (κ1) is 14.7. The lowest BCUT2D eigenvalue weighted by molar-refractivity contribution is -0.136. The maximum absolute atomic E-state index is 11.3. The molecule has 1 heterocycles. The Hall–Kier alpha value is -2.26. The molecule has 3 aromatic rings. The lowest BCUT2D eigenvalue weighted by Gasteiger charge is -2.04. The van der Waals surface area contributed by atoms with Gasteiger partial charge in [-0.3, -0.25) is 4.79 Å². The van der Waals surface area contributed by atoms with Crippen LogP contribution in [0.5, 0.6) is 0 Å². The van der Waals surface area contributed by atoms with Gasteiger partial charge in [0, 0.05) is 15.9 Å². The number of aryl methyl sites for hydroxylation is 2. The molecule has 3 nitrogen and oxygen atoms in total. The highest BCUT2D eigenvalue weighted by atomic mass is 35.5. The van der Waals surface area contributed by atoms with Gasteiger partial charge in [-0.05, 0) is 48.2 Å². The van der Waals surface area contributed by atoms with Gasteiger partial charge in [-0.15, -0.1) is 0 Å². The average molecular weight is 314 g/mol. The molecule has 0 bridgehead atoms. The van der Waals surface area contributed by atoms with Crippen molar-refractivity contribution in [1.29, 1.82) is 0 Å². The molecule has 0 aliphatic carbocycles. The third kappa shape index (κ3) is 2.48. The highest BCUT2D eigenvalue weighted by Gasteiger charge is 2.18. The molecule has 0 aliphatic heterocycles. The number of carboxylic acid groups (broad SMARTS) is 1. The summed E-state index contributed by atoms with van der Waals surface area (Å²) in [5, 5.41) is 11.0. The number of fused-ring (bicyclic) bond motifs is 1. The lowest BCUT2D eigenvalue weighted by Crippen LogP contribution is -2.01. The number of halogens is 1. The van der Waals surface area contributed by atoms with Crippen molar-refractivity contribution in [3.63, 3.8) is 0 Å². The summed E-state index contributed by atoms with van der Waals surface area (Å²) in [6.45, 7) is 4.03. The van der Waals surface area contributed by atoms with Gasteiger partial charge in [-0.25, -0.2) is 0 Å². The number of rotatable bonds is 3. The van der Waals surface area contributed by atoms with E-state index in [0.29, 0.717) is 5.02 Å². The summed E-state index contributed by atoms with van der Waals surface area (Å²) in [5.41, 5.74) is 5.80. The van der Waals surface area contributed by atoms with Gasteiger partial charge in [0.25, 0.3) is 0 Å². The average Bonchev–Trinajstić information content (AvgIpc) is 2.84. The molecule has 0 fully saturated rings. The third-order valence-electron chi connectivity index (χ3n) is 3.94. The fraction of sp³-hybridized carbons (Fsp3) is 0.167. The normalized spacial score (nSPS) is 11.0. The van der Waals surface area contributed by atoms with Gasteiger partial charge in [-0.1, -0.05) is 35.9 Å². The van der Waals surface area contributed by atoms with E-state index in [0.717, 1.165) is 38.9 Å². The summed E-state index contributed by atoms with van der Waals surface area (Å²) in [4.78, 5) is 14.7. The molecular weight excluding hydrogens is 298 g/mol. The van der Waals surface area contributed by atoms with Crippen molar-refractivity contribution in [2.45, 2.75) is 20.3 Å². The van der Waals surface area contributed by atoms with Gasteiger partial charge in [-0.2, -0.15) is 0 Å². The standard InChI is InChI=1S/C18H16ClNO2/c1-10-3-4-11(2)17-16(10)14(9-15(21)22)18(20-17)12-5-7-13(19)8-6-12/h3-8,20H,9H2,1-2H3,(H,21,22). The van der Waals surface area contributed by atoms with Crippen LogP contribution in [-0.4, -0.2) is 16.1 Å². The summed E-state index contributed by atoms with van der Waals surface area (Å²) >= 11 is 5.95. The minimum Gasteiger partial charge on any atom is -0.481 e. The van der Waals surface area contributed by atoms with E-state index in [-0.39, 0.29) is 6.42 Å². The number of benzene rings is 2. The van der Waals surface area contributed by atoms with Gasteiger partial charge in [0.05, 0.1) is 12.1 Å². The first-order valence-corrected chi connectivity index (χ1v) is 7.43. The van der Waals surface area contributed by atoms with Crippen molar-refractivity contribution in [3.8, 4) is 11.3 Å². The Morgan fingerprint density at radius 1 is 1.09 bits per heavy atom. The van der Waals surface area contributed by atoms with Crippen LogP contribution in [-0.2, 0) is 11.2 Å². The summed E-state index contributed by atoms with van der Waals surface area (Å²) in [7, 11) is 0. The summed E-state index contributed by atoms with van der Waals surface area (Å²) < 4.78 is 0. The Labute approximate surface area is 133 Å². The van der Waals surface area contributed by atoms with Gasteiger partial charge in [0.1, 0.15) is 0 Å². The molecule has 3 rings (SSSR count). The molecule has 0 saturated heterocycles.